The number of aromatic nitrogens is 2. The van der Waals surface area contributed by atoms with Crippen molar-refractivity contribution in [1.29, 1.82) is 0 Å². The molecule has 1 atom stereocenters. The van der Waals surface area contributed by atoms with Gasteiger partial charge in [-0.1, -0.05) is 50.1 Å². The van der Waals surface area contributed by atoms with E-state index in [1.807, 2.05) is 7.05 Å². The predicted molar refractivity (Wildman–Crippen MR) is 113 cm³/mol. The maximum Gasteiger partial charge on any atom is 0.491 e. The Morgan fingerprint density at radius 3 is 2.44 bits per heavy atom. The SMILES string of the molecule is CN1CCN(C(=O)c2noc([C@H](CCCC3CCCCC3)CC(=O)OC(=O)C(F)(F)F)n2)CC1. The van der Waals surface area contributed by atoms with Gasteiger partial charge < -0.3 is 19.1 Å². The smallest absolute Gasteiger partial charge is 0.386 e. The Kier molecular flexibility index (Phi) is 9.03. The summed E-state index contributed by atoms with van der Waals surface area (Å²) < 4.78 is 46.6. The Morgan fingerprint density at radius 2 is 1.79 bits per heavy atom. The number of hydrogen-bond acceptors (Lipinski definition) is 8. The van der Waals surface area contributed by atoms with Crippen LogP contribution in [0.25, 0.3) is 0 Å². The summed E-state index contributed by atoms with van der Waals surface area (Å²) in [6, 6.07) is 0. The minimum absolute atomic E-state index is 0.0162. The number of piperazine rings is 1. The molecule has 0 radical (unpaired) electrons. The molecule has 0 bridgehead atoms. The number of hydrogen-bond donors (Lipinski definition) is 0. The first-order valence-electron chi connectivity index (χ1n) is 11.8. The molecule has 1 aromatic heterocycles. The van der Waals surface area contributed by atoms with Crippen molar-refractivity contribution in [3.05, 3.63) is 11.7 Å². The average molecular weight is 489 g/mol. The molecular weight excluding hydrogens is 457 g/mol. The number of likely N-dealkylation sites (N-methyl/N-ethyl adjacent to an activating group) is 1. The van der Waals surface area contributed by atoms with Crippen molar-refractivity contribution < 1.29 is 36.8 Å². The molecule has 0 aromatic carbocycles. The molecule has 9 nitrogen and oxygen atoms in total. The van der Waals surface area contributed by atoms with E-state index < -0.39 is 36.4 Å². The van der Waals surface area contributed by atoms with Crippen molar-refractivity contribution >= 4 is 17.8 Å². The molecule has 12 heteroatoms. The molecule has 0 unspecified atom stereocenters. The van der Waals surface area contributed by atoms with Crippen LogP contribution < -0.4 is 0 Å². The van der Waals surface area contributed by atoms with Gasteiger partial charge in [0.1, 0.15) is 0 Å². The third kappa shape index (κ3) is 7.51. The van der Waals surface area contributed by atoms with Crippen molar-refractivity contribution in [2.24, 2.45) is 5.92 Å². The number of carbonyl (C=O) groups excluding carboxylic acids is 3. The van der Waals surface area contributed by atoms with Crippen LogP contribution in [0.1, 0.15) is 80.2 Å². The highest BCUT2D eigenvalue weighted by atomic mass is 19.4. The van der Waals surface area contributed by atoms with Gasteiger partial charge in [-0.05, 0) is 19.4 Å². The van der Waals surface area contributed by atoms with E-state index in [0.29, 0.717) is 44.9 Å². The number of carbonyl (C=O) groups is 3. The lowest BCUT2D eigenvalue weighted by atomic mass is 9.84. The third-order valence-corrected chi connectivity index (χ3v) is 6.51. The zero-order valence-electron chi connectivity index (χ0n) is 19.3. The van der Waals surface area contributed by atoms with Crippen molar-refractivity contribution in [2.45, 2.75) is 69.9 Å². The molecule has 1 aromatic rings. The van der Waals surface area contributed by atoms with Crippen LogP contribution in [0, 0.1) is 5.92 Å². The van der Waals surface area contributed by atoms with Crippen LogP contribution in [-0.4, -0.2) is 77.2 Å². The molecule has 1 saturated carbocycles. The number of amides is 1. The number of halogens is 3. The Bertz CT molecular complexity index is 846. The summed E-state index contributed by atoms with van der Waals surface area (Å²) >= 11 is 0. The number of rotatable bonds is 8. The number of esters is 2. The fraction of sp³-hybridized carbons (Fsp3) is 0.773. The van der Waals surface area contributed by atoms with E-state index in [1.54, 1.807) is 4.90 Å². The Hall–Kier alpha value is -2.50. The van der Waals surface area contributed by atoms with Crippen molar-refractivity contribution in [3.63, 3.8) is 0 Å². The molecule has 3 rings (SSSR count). The van der Waals surface area contributed by atoms with E-state index in [1.165, 1.54) is 19.3 Å². The third-order valence-electron chi connectivity index (χ3n) is 6.51. The van der Waals surface area contributed by atoms with Gasteiger partial charge in [0, 0.05) is 32.1 Å². The van der Waals surface area contributed by atoms with E-state index in [0.717, 1.165) is 19.3 Å². The van der Waals surface area contributed by atoms with E-state index in [-0.39, 0.29) is 11.7 Å². The lowest BCUT2D eigenvalue weighted by Gasteiger charge is -2.31. The highest BCUT2D eigenvalue weighted by molar-refractivity contribution is 5.90. The summed E-state index contributed by atoms with van der Waals surface area (Å²) in [5, 5.41) is 3.75. The van der Waals surface area contributed by atoms with Gasteiger partial charge >= 0.3 is 18.1 Å². The molecule has 1 aliphatic carbocycles. The van der Waals surface area contributed by atoms with Crippen LogP contribution in [0.15, 0.2) is 4.52 Å². The Balaban J connectivity index is 1.65. The van der Waals surface area contributed by atoms with Crippen LogP contribution in [0.3, 0.4) is 0 Å². The quantitative estimate of drug-likeness (QED) is 0.405. The minimum atomic E-state index is -5.27. The first kappa shape index (κ1) is 26.1. The summed E-state index contributed by atoms with van der Waals surface area (Å²) in [6.45, 7) is 2.43. The fourth-order valence-corrected chi connectivity index (χ4v) is 4.48. The monoisotopic (exact) mass is 488 g/mol. The summed E-state index contributed by atoms with van der Waals surface area (Å²) in [7, 11) is 1.95. The zero-order chi connectivity index (χ0) is 24.7. The van der Waals surface area contributed by atoms with Gasteiger partial charge in [-0.25, -0.2) is 4.79 Å². The maximum atomic E-state index is 12.7. The summed E-state index contributed by atoms with van der Waals surface area (Å²) in [5.74, 6) is -4.64. The van der Waals surface area contributed by atoms with Gasteiger partial charge in [-0.2, -0.15) is 18.2 Å². The standard InChI is InChI=1S/C22H31F3N4O5/c1-28-10-12-29(13-11-28)20(31)18-26-19(34-27-18)16(9-5-8-15-6-3-2-4-7-15)14-17(30)33-21(32)22(23,24)25/h15-16H,2-14H2,1H3/t16-/m1/s1. The number of alkyl halides is 3. The zero-order valence-corrected chi connectivity index (χ0v) is 19.3. The van der Waals surface area contributed by atoms with Gasteiger partial charge in [0.05, 0.1) is 6.42 Å². The molecule has 1 aliphatic heterocycles. The second kappa shape index (κ2) is 11.8. The van der Waals surface area contributed by atoms with Gasteiger partial charge in [-0.15, -0.1) is 0 Å². The average Bonchev–Trinajstić information content (AvgIpc) is 3.29. The maximum absolute atomic E-state index is 12.7. The van der Waals surface area contributed by atoms with E-state index >= 15 is 0 Å². The fourth-order valence-electron chi connectivity index (χ4n) is 4.48. The van der Waals surface area contributed by atoms with Crippen LogP contribution in [-0.2, 0) is 14.3 Å². The molecule has 1 saturated heterocycles. The van der Waals surface area contributed by atoms with Gasteiger partial charge in [0.2, 0.25) is 5.89 Å². The molecule has 34 heavy (non-hydrogen) atoms. The summed E-state index contributed by atoms with van der Waals surface area (Å²) in [6.07, 6.45) is 2.06. The van der Waals surface area contributed by atoms with Gasteiger partial charge in [-0.3, -0.25) is 9.59 Å². The molecule has 2 fully saturated rings. The molecule has 0 spiro atoms. The van der Waals surface area contributed by atoms with Gasteiger partial charge in [0.15, 0.2) is 0 Å². The lowest BCUT2D eigenvalue weighted by Crippen LogP contribution is -2.47. The summed E-state index contributed by atoms with van der Waals surface area (Å²) in [5.41, 5.74) is 0. The highest BCUT2D eigenvalue weighted by Crippen LogP contribution is 2.31. The van der Waals surface area contributed by atoms with E-state index in [9.17, 15) is 27.6 Å². The largest absolute Gasteiger partial charge is 0.491 e. The van der Waals surface area contributed by atoms with Crippen LogP contribution in [0.2, 0.25) is 0 Å². The first-order chi connectivity index (χ1) is 16.1. The molecule has 1 amide bonds. The molecular formula is C22H31F3N4O5. The van der Waals surface area contributed by atoms with E-state index in [2.05, 4.69) is 19.8 Å². The molecule has 2 heterocycles. The van der Waals surface area contributed by atoms with Crippen molar-refractivity contribution in [1.82, 2.24) is 19.9 Å². The minimum Gasteiger partial charge on any atom is -0.386 e. The van der Waals surface area contributed by atoms with Crippen molar-refractivity contribution in [3.8, 4) is 0 Å². The van der Waals surface area contributed by atoms with Crippen LogP contribution in [0.5, 0.6) is 0 Å². The lowest BCUT2D eigenvalue weighted by molar-refractivity contribution is -0.202. The van der Waals surface area contributed by atoms with Crippen LogP contribution in [0.4, 0.5) is 13.2 Å². The normalized spacial score (nSPS) is 19.1. The van der Waals surface area contributed by atoms with E-state index in [4.69, 9.17) is 4.52 Å². The number of nitrogens with zero attached hydrogens (tertiary/aromatic N) is 4. The van der Waals surface area contributed by atoms with Crippen molar-refractivity contribution in [2.75, 3.05) is 33.2 Å². The Morgan fingerprint density at radius 1 is 1.12 bits per heavy atom. The first-order valence-corrected chi connectivity index (χ1v) is 11.8. The second-order valence-corrected chi connectivity index (χ2v) is 9.15. The molecule has 190 valence electrons. The topological polar surface area (TPSA) is 106 Å². The Labute approximate surface area is 196 Å². The molecule has 0 N–H and O–H groups in total. The van der Waals surface area contributed by atoms with Crippen LogP contribution >= 0.6 is 0 Å². The predicted octanol–water partition coefficient (Wildman–Crippen LogP) is 3.31. The van der Waals surface area contributed by atoms with Gasteiger partial charge in [0.25, 0.3) is 11.7 Å². The highest BCUT2D eigenvalue weighted by Gasteiger charge is 2.43. The summed E-state index contributed by atoms with van der Waals surface area (Å²) in [4.78, 5) is 43.6. The molecule has 2 aliphatic rings. The second-order valence-electron chi connectivity index (χ2n) is 9.15. The number of ether oxygens (including phenoxy) is 1.